The first kappa shape index (κ1) is 33.9. The van der Waals surface area contributed by atoms with Crippen LogP contribution in [-0.2, 0) is 33.9 Å². The quantitative estimate of drug-likeness (QED) is 0.247. The van der Waals surface area contributed by atoms with Crippen LogP contribution in [0.15, 0.2) is 36.9 Å². The van der Waals surface area contributed by atoms with Crippen molar-refractivity contribution in [3.05, 3.63) is 36.9 Å². The molecule has 1 aliphatic heterocycles. The number of carbonyl (C=O) groups excluding carboxylic acids is 4. The summed E-state index contributed by atoms with van der Waals surface area (Å²) in [5.74, 6) is -2.24. The smallest absolute Gasteiger partial charge is 0.306 e. The molecule has 1 saturated heterocycles. The van der Waals surface area contributed by atoms with Gasteiger partial charge in [0.15, 0.2) is 5.78 Å². The Morgan fingerprint density at radius 2 is 1.74 bits per heavy atom. The van der Waals surface area contributed by atoms with E-state index in [-0.39, 0.29) is 49.8 Å². The number of hydrogen-bond donors (Lipinski definition) is 1. The Labute approximate surface area is 272 Å². The van der Waals surface area contributed by atoms with Gasteiger partial charge in [-0.15, -0.1) is 6.58 Å². The number of anilines is 1. The van der Waals surface area contributed by atoms with Gasteiger partial charge in [-0.1, -0.05) is 26.8 Å². The van der Waals surface area contributed by atoms with E-state index in [0.29, 0.717) is 25.0 Å². The van der Waals surface area contributed by atoms with Gasteiger partial charge in [-0.05, 0) is 80.5 Å². The SMILES string of the molecule is C=C[C@@H]1C[C@]1(CC(=O)[C@@H]1CN(c2ccc(OC)cc2)CN1C(=O)[C@@H](CC(=O)OC1CCCC1)C(C)(C)C)C(=O)NS(=O)(=O)C1CC1. The molecule has 0 spiro atoms. The molecule has 3 aliphatic carbocycles. The van der Waals surface area contributed by atoms with E-state index >= 15 is 0 Å². The number of Topliss-reactive ketones (excluding diaryl/α,β-unsaturated/α-hetero) is 1. The van der Waals surface area contributed by atoms with Gasteiger partial charge in [-0.2, -0.15) is 0 Å². The van der Waals surface area contributed by atoms with Crippen LogP contribution >= 0.6 is 0 Å². The number of ether oxygens (including phenoxy) is 2. The number of hydrogen-bond acceptors (Lipinski definition) is 9. The number of nitrogens with one attached hydrogen (secondary N) is 1. The van der Waals surface area contributed by atoms with Crippen LogP contribution in [0.4, 0.5) is 5.69 Å². The van der Waals surface area contributed by atoms with Gasteiger partial charge in [0.05, 0.1) is 36.8 Å². The molecule has 3 saturated carbocycles. The fraction of sp³-hybridized carbons (Fsp3) is 0.647. The molecular weight excluding hydrogens is 610 g/mol. The summed E-state index contributed by atoms with van der Waals surface area (Å²) in [5, 5.41) is -0.583. The van der Waals surface area contributed by atoms with E-state index in [1.54, 1.807) is 25.3 Å². The molecule has 1 aromatic carbocycles. The molecule has 1 aromatic rings. The van der Waals surface area contributed by atoms with Crippen molar-refractivity contribution < 1.29 is 37.1 Å². The van der Waals surface area contributed by atoms with Crippen LogP contribution in [0.1, 0.15) is 78.6 Å². The molecule has 0 bridgehead atoms. The van der Waals surface area contributed by atoms with Gasteiger partial charge in [-0.3, -0.25) is 23.9 Å². The minimum Gasteiger partial charge on any atom is -0.497 e. The van der Waals surface area contributed by atoms with E-state index in [1.807, 2.05) is 37.8 Å². The maximum atomic E-state index is 14.4. The summed E-state index contributed by atoms with van der Waals surface area (Å²) in [6.45, 7) is 9.77. The summed E-state index contributed by atoms with van der Waals surface area (Å²) >= 11 is 0. The molecule has 252 valence electrons. The maximum absolute atomic E-state index is 14.4. The number of sulfonamides is 1. The first-order valence-corrected chi connectivity index (χ1v) is 17.8. The third kappa shape index (κ3) is 7.26. The molecule has 12 heteroatoms. The lowest BCUT2D eigenvalue weighted by Gasteiger charge is -2.34. The Balaban J connectivity index is 1.39. The molecule has 4 fully saturated rings. The number of allylic oxidation sites excluding steroid dienone is 1. The normalized spacial score (nSPS) is 25.6. The number of carbonyl (C=O) groups is 4. The van der Waals surface area contributed by atoms with E-state index < -0.39 is 49.9 Å². The van der Waals surface area contributed by atoms with Crippen molar-refractivity contribution in [3.8, 4) is 5.75 Å². The zero-order chi connectivity index (χ0) is 33.4. The van der Waals surface area contributed by atoms with E-state index in [1.165, 1.54) is 4.90 Å². The summed E-state index contributed by atoms with van der Waals surface area (Å²) in [6, 6.07) is 6.38. The van der Waals surface area contributed by atoms with Crippen molar-refractivity contribution in [2.45, 2.75) is 96.0 Å². The maximum Gasteiger partial charge on any atom is 0.306 e. The van der Waals surface area contributed by atoms with E-state index in [4.69, 9.17) is 9.47 Å². The lowest BCUT2D eigenvalue weighted by Crippen LogP contribution is -2.49. The summed E-state index contributed by atoms with van der Waals surface area (Å²) in [7, 11) is -2.24. The van der Waals surface area contributed by atoms with Gasteiger partial charge < -0.3 is 19.3 Å². The molecule has 0 radical (unpaired) electrons. The molecule has 0 aromatic heterocycles. The van der Waals surface area contributed by atoms with Crippen LogP contribution in [-0.4, -0.2) is 74.6 Å². The van der Waals surface area contributed by atoms with E-state index in [2.05, 4.69) is 11.3 Å². The van der Waals surface area contributed by atoms with Crippen molar-refractivity contribution in [2.75, 3.05) is 25.2 Å². The molecule has 5 rings (SSSR count). The predicted molar refractivity (Wildman–Crippen MR) is 172 cm³/mol. The van der Waals surface area contributed by atoms with Crippen LogP contribution in [0.25, 0.3) is 0 Å². The van der Waals surface area contributed by atoms with Crippen LogP contribution in [0, 0.1) is 22.7 Å². The van der Waals surface area contributed by atoms with Crippen molar-refractivity contribution in [1.29, 1.82) is 0 Å². The van der Waals surface area contributed by atoms with Crippen molar-refractivity contribution in [3.63, 3.8) is 0 Å². The number of benzene rings is 1. The summed E-state index contributed by atoms with van der Waals surface area (Å²) < 4.78 is 38.5. The topological polar surface area (TPSA) is 139 Å². The van der Waals surface area contributed by atoms with Crippen LogP contribution < -0.4 is 14.4 Å². The van der Waals surface area contributed by atoms with Gasteiger partial charge in [-0.25, -0.2) is 8.42 Å². The second kappa shape index (κ2) is 13.0. The fourth-order valence-corrected chi connectivity index (χ4v) is 8.19. The van der Waals surface area contributed by atoms with Crippen molar-refractivity contribution >= 4 is 39.3 Å². The van der Waals surface area contributed by atoms with Gasteiger partial charge in [0.2, 0.25) is 21.8 Å². The van der Waals surface area contributed by atoms with Crippen LogP contribution in [0.5, 0.6) is 5.75 Å². The number of amides is 2. The summed E-state index contributed by atoms with van der Waals surface area (Å²) in [5.41, 5.74) is -1.08. The molecule has 46 heavy (non-hydrogen) atoms. The van der Waals surface area contributed by atoms with Gasteiger partial charge in [0, 0.05) is 18.7 Å². The molecule has 4 aliphatic rings. The lowest BCUT2D eigenvalue weighted by atomic mass is 9.77. The third-order valence-corrected chi connectivity index (χ3v) is 11.9. The van der Waals surface area contributed by atoms with Gasteiger partial charge in [0.25, 0.3) is 0 Å². The highest BCUT2D eigenvalue weighted by atomic mass is 32.2. The number of methoxy groups -OCH3 is 1. The third-order valence-electron chi connectivity index (χ3n) is 10.1. The second-order valence-corrected chi connectivity index (χ2v) is 16.4. The molecular formula is C34H47N3O8S. The number of esters is 1. The highest BCUT2D eigenvalue weighted by Gasteiger charge is 2.61. The van der Waals surface area contributed by atoms with Crippen molar-refractivity contribution in [2.24, 2.45) is 22.7 Å². The van der Waals surface area contributed by atoms with E-state index in [0.717, 1.165) is 31.4 Å². The van der Waals surface area contributed by atoms with Crippen molar-refractivity contribution in [1.82, 2.24) is 9.62 Å². The Morgan fingerprint density at radius 1 is 1.09 bits per heavy atom. The molecule has 0 unspecified atom stereocenters. The van der Waals surface area contributed by atoms with Gasteiger partial charge >= 0.3 is 5.97 Å². The molecule has 2 amide bonds. The highest BCUT2D eigenvalue weighted by molar-refractivity contribution is 7.90. The fourth-order valence-electron chi connectivity index (χ4n) is 6.81. The number of nitrogens with zero attached hydrogens (tertiary/aromatic N) is 2. The molecule has 1 heterocycles. The molecule has 1 N–H and O–H groups in total. The second-order valence-electron chi connectivity index (χ2n) is 14.4. The number of ketones is 1. The standard InChI is InChI=1S/C34H47N3O8S/c1-6-22-18-34(22,32(41)35-46(42,43)26-15-16-26)19-29(38)28-20-36(23-11-13-24(44-5)14-12-23)21-37(28)31(40)27(33(2,3)4)17-30(39)45-25-9-7-8-10-25/h6,11-14,22,25-28H,1,7-10,15-21H2,2-5H3,(H,35,41)/t22-,27-,28+,34-/m1/s1. The minimum absolute atomic E-state index is 0.103. The molecule has 4 atom stereocenters. The van der Waals surface area contributed by atoms with Crippen LogP contribution in [0.2, 0.25) is 0 Å². The Bertz CT molecular complexity index is 1460. The highest BCUT2D eigenvalue weighted by Crippen LogP contribution is 2.57. The Hall–Kier alpha value is -3.41. The zero-order valence-corrected chi connectivity index (χ0v) is 28.1. The Kier molecular flexibility index (Phi) is 9.59. The average Bonchev–Trinajstić information content (AvgIpc) is 3.88. The minimum atomic E-state index is -3.81. The molecule has 11 nitrogen and oxygen atoms in total. The first-order chi connectivity index (χ1) is 21.7. The van der Waals surface area contributed by atoms with Crippen LogP contribution in [0.3, 0.4) is 0 Å². The summed E-state index contributed by atoms with van der Waals surface area (Å²) in [6.07, 6.45) is 6.09. The van der Waals surface area contributed by atoms with Gasteiger partial charge in [0.1, 0.15) is 17.9 Å². The monoisotopic (exact) mass is 657 g/mol. The predicted octanol–water partition coefficient (Wildman–Crippen LogP) is 3.97. The zero-order valence-electron chi connectivity index (χ0n) is 27.3. The number of rotatable bonds is 13. The van der Waals surface area contributed by atoms with E-state index in [9.17, 15) is 27.6 Å². The summed E-state index contributed by atoms with van der Waals surface area (Å²) in [4.78, 5) is 58.5. The Morgan fingerprint density at radius 3 is 2.28 bits per heavy atom. The lowest BCUT2D eigenvalue weighted by molar-refractivity contribution is -0.156. The first-order valence-electron chi connectivity index (χ1n) is 16.3. The largest absolute Gasteiger partial charge is 0.497 e. The average molecular weight is 658 g/mol.